The van der Waals surface area contributed by atoms with Crippen molar-refractivity contribution in [3.63, 3.8) is 0 Å². The number of ether oxygens (including phenoxy) is 3. The maximum absolute atomic E-state index is 12.9. The summed E-state index contributed by atoms with van der Waals surface area (Å²) >= 11 is 0. The molecule has 0 fully saturated rings. The van der Waals surface area contributed by atoms with Gasteiger partial charge in [0.25, 0.3) is 0 Å². The van der Waals surface area contributed by atoms with Crippen molar-refractivity contribution in [1.82, 2.24) is 0 Å². The second kappa shape index (κ2) is 57.6. The lowest BCUT2D eigenvalue weighted by Gasteiger charge is -2.18. The van der Waals surface area contributed by atoms with E-state index in [4.69, 9.17) is 14.2 Å². The van der Waals surface area contributed by atoms with Crippen LogP contribution in [0.2, 0.25) is 0 Å². The Hall–Kier alpha value is -3.70. The summed E-state index contributed by atoms with van der Waals surface area (Å²) in [5.41, 5.74) is 0. The molecule has 0 rings (SSSR count). The molecule has 0 saturated heterocycles. The quantitative estimate of drug-likeness (QED) is 0.0345. The van der Waals surface area contributed by atoms with Gasteiger partial charge in [-0.3, -0.25) is 9.59 Å². The number of hydrogen-bond acceptors (Lipinski definition) is 5. The number of unbranched alkanes of at least 4 members (excludes halogenated alkanes) is 19. The van der Waals surface area contributed by atoms with Gasteiger partial charge in [-0.15, -0.1) is 0 Å². The molecule has 0 aromatic carbocycles. The van der Waals surface area contributed by atoms with Crippen molar-refractivity contribution >= 4 is 11.9 Å². The molecule has 0 radical (unpaired) electrons. The summed E-state index contributed by atoms with van der Waals surface area (Å²) in [4.78, 5) is 25.5. The predicted molar refractivity (Wildman–Crippen MR) is 297 cm³/mol. The van der Waals surface area contributed by atoms with Gasteiger partial charge in [-0.05, 0) is 122 Å². The fourth-order valence-corrected chi connectivity index (χ4v) is 7.36. The van der Waals surface area contributed by atoms with Gasteiger partial charge < -0.3 is 14.2 Å². The van der Waals surface area contributed by atoms with E-state index < -0.39 is 6.10 Å². The highest BCUT2D eigenvalue weighted by molar-refractivity contribution is 5.70. The zero-order valence-electron chi connectivity index (χ0n) is 44.3. The van der Waals surface area contributed by atoms with Crippen molar-refractivity contribution in [2.24, 2.45) is 0 Å². The molecule has 0 aliphatic carbocycles. The Morgan fingerprint density at radius 2 is 0.662 bits per heavy atom. The van der Waals surface area contributed by atoms with Crippen molar-refractivity contribution in [1.29, 1.82) is 0 Å². The van der Waals surface area contributed by atoms with Crippen molar-refractivity contribution in [2.75, 3.05) is 19.8 Å². The minimum absolute atomic E-state index is 0.0472. The highest BCUT2D eigenvalue weighted by Crippen LogP contribution is 2.14. The van der Waals surface area contributed by atoms with E-state index in [1.165, 1.54) is 89.9 Å². The number of hydrogen-bond donors (Lipinski definition) is 0. The molecule has 0 N–H and O–H groups in total. The molecule has 0 amide bonds. The number of allylic oxidation sites excluding steroid dienone is 20. The summed E-state index contributed by atoms with van der Waals surface area (Å²) in [6, 6.07) is 0. The molecule has 0 heterocycles. The standard InChI is InChI=1S/C63H104O5/c1-4-7-10-13-16-19-22-25-28-30-32-34-36-38-41-44-47-50-53-56-62(64)67-60-61(59-66-58-55-52-49-46-43-40-27-24-21-18-15-12-9-6-3)68-63(65)57-54-51-48-45-42-39-37-35-33-31-29-26-23-20-17-14-11-8-5-2/h7,9-10,12,16-21,25-29,32,34,40,46,49,61H,4-6,8,11,13-15,22-24,30-31,33,35-39,41-45,47-48,50-60H2,1-3H3/b10-7-,12-9-,19-16-,20-17-,21-18-,28-25-,29-26-,34-32-,40-27-,49-46-. The molecule has 0 aromatic heterocycles. The molecule has 0 aromatic rings. The molecular weight excluding hydrogens is 837 g/mol. The molecule has 0 aliphatic heterocycles. The van der Waals surface area contributed by atoms with Crippen LogP contribution in [0.4, 0.5) is 0 Å². The van der Waals surface area contributed by atoms with E-state index in [2.05, 4.69) is 142 Å². The minimum Gasteiger partial charge on any atom is -0.462 e. The molecule has 1 atom stereocenters. The van der Waals surface area contributed by atoms with E-state index in [-0.39, 0.29) is 25.2 Å². The van der Waals surface area contributed by atoms with Crippen LogP contribution >= 0.6 is 0 Å². The molecule has 0 spiro atoms. The smallest absolute Gasteiger partial charge is 0.306 e. The number of carbonyl (C=O) groups is 2. The normalized spacial score (nSPS) is 13.2. The highest BCUT2D eigenvalue weighted by atomic mass is 16.6. The van der Waals surface area contributed by atoms with Crippen molar-refractivity contribution < 1.29 is 23.8 Å². The van der Waals surface area contributed by atoms with Crippen molar-refractivity contribution in [3.8, 4) is 0 Å². The highest BCUT2D eigenvalue weighted by Gasteiger charge is 2.17. The Balaban J connectivity index is 4.37. The van der Waals surface area contributed by atoms with Crippen LogP contribution in [-0.2, 0) is 23.8 Å². The summed E-state index contributed by atoms with van der Waals surface area (Å²) in [6.07, 6.45) is 80.8. The maximum Gasteiger partial charge on any atom is 0.306 e. The molecule has 0 bridgehead atoms. The van der Waals surface area contributed by atoms with Gasteiger partial charge in [0.2, 0.25) is 0 Å². The second-order valence-electron chi connectivity index (χ2n) is 18.1. The average molecular weight is 942 g/mol. The fourth-order valence-electron chi connectivity index (χ4n) is 7.36. The predicted octanol–water partition coefficient (Wildman–Crippen LogP) is 19.3. The van der Waals surface area contributed by atoms with Gasteiger partial charge >= 0.3 is 11.9 Å². The molecule has 68 heavy (non-hydrogen) atoms. The van der Waals surface area contributed by atoms with Gasteiger partial charge in [0, 0.05) is 19.4 Å². The van der Waals surface area contributed by atoms with Gasteiger partial charge in [-0.25, -0.2) is 0 Å². The summed E-state index contributed by atoms with van der Waals surface area (Å²) in [5.74, 6) is -0.452. The van der Waals surface area contributed by atoms with Crippen LogP contribution in [0.5, 0.6) is 0 Å². The first-order chi connectivity index (χ1) is 33.6. The van der Waals surface area contributed by atoms with E-state index in [0.717, 1.165) is 116 Å². The zero-order chi connectivity index (χ0) is 49.2. The van der Waals surface area contributed by atoms with Crippen LogP contribution in [0.25, 0.3) is 0 Å². The first-order valence-corrected chi connectivity index (χ1v) is 28.1. The van der Waals surface area contributed by atoms with E-state index in [9.17, 15) is 9.59 Å². The van der Waals surface area contributed by atoms with Gasteiger partial charge in [0.1, 0.15) is 6.61 Å². The van der Waals surface area contributed by atoms with E-state index in [1.807, 2.05) is 0 Å². The zero-order valence-corrected chi connectivity index (χ0v) is 44.3. The summed E-state index contributed by atoms with van der Waals surface area (Å²) in [7, 11) is 0. The Morgan fingerprint density at radius 1 is 0.338 bits per heavy atom. The van der Waals surface area contributed by atoms with Gasteiger partial charge in [0.15, 0.2) is 6.10 Å². The monoisotopic (exact) mass is 941 g/mol. The van der Waals surface area contributed by atoms with Crippen molar-refractivity contribution in [2.45, 2.75) is 245 Å². The Kier molecular flexibility index (Phi) is 54.5. The van der Waals surface area contributed by atoms with Gasteiger partial charge in [-0.1, -0.05) is 226 Å². The van der Waals surface area contributed by atoms with E-state index in [0.29, 0.717) is 19.4 Å². The molecule has 0 aliphatic rings. The third kappa shape index (κ3) is 54.9. The number of carbonyl (C=O) groups excluding carboxylic acids is 2. The number of rotatable bonds is 50. The molecule has 5 heteroatoms. The third-order valence-electron chi connectivity index (χ3n) is 11.5. The molecular formula is C63H104O5. The number of esters is 2. The summed E-state index contributed by atoms with van der Waals surface area (Å²) in [5, 5.41) is 0. The first-order valence-electron chi connectivity index (χ1n) is 28.1. The summed E-state index contributed by atoms with van der Waals surface area (Å²) < 4.78 is 17.4. The Morgan fingerprint density at radius 3 is 1.06 bits per heavy atom. The lowest BCUT2D eigenvalue weighted by atomic mass is 10.1. The molecule has 386 valence electrons. The Bertz CT molecular complexity index is 1390. The third-order valence-corrected chi connectivity index (χ3v) is 11.5. The first kappa shape index (κ1) is 64.3. The SMILES string of the molecule is CC/C=C\C/C=C\C/C=C\C/C=C\CCCCCCCCC(=O)OCC(COCCC/C=C\C/C=C\C/C=C\C/C=C\CC)OC(=O)CCCCCCCCCCC/C=C\C/C=C\CCCCC. The van der Waals surface area contributed by atoms with Gasteiger partial charge in [-0.2, -0.15) is 0 Å². The van der Waals surface area contributed by atoms with Gasteiger partial charge in [0.05, 0.1) is 6.61 Å². The van der Waals surface area contributed by atoms with Crippen LogP contribution in [0.1, 0.15) is 239 Å². The van der Waals surface area contributed by atoms with Crippen LogP contribution in [0.15, 0.2) is 122 Å². The lowest BCUT2D eigenvalue weighted by Crippen LogP contribution is -2.30. The second-order valence-corrected chi connectivity index (χ2v) is 18.1. The van der Waals surface area contributed by atoms with Crippen LogP contribution < -0.4 is 0 Å². The summed E-state index contributed by atoms with van der Waals surface area (Å²) in [6.45, 7) is 7.42. The Labute approximate surface area is 420 Å². The largest absolute Gasteiger partial charge is 0.462 e. The van der Waals surface area contributed by atoms with Crippen LogP contribution in [0, 0.1) is 0 Å². The minimum atomic E-state index is -0.582. The van der Waals surface area contributed by atoms with Crippen LogP contribution in [-0.4, -0.2) is 37.9 Å². The van der Waals surface area contributed by atoms with E-state index >= 15 is 0 Å². The van der Waals surface area contributed by atoms with Crippen LogP contribution in [0.3, 0.4) is 0 Å². The van der Waals surface area contributed by atoms with E-state index in [1.54, 1.807) is 0 Å². The topological polar surface area (TPSA) is 61.8 Å². The fraction of sp³-hybridized carbons (Fsp3) is 0.651. The maximum atomic E-state index is 12.9. The van der Waals surface area contributed by atoms with Crippen molar-refractivity contribution in [3.05, 3.63) is 122 Å². The molecule has 5 nitrogen and oxygen atoms in total. The molecule has 1 unspecified atom stereocenters. The lowest BCUT2D eigenvalue weighted by molar-refractivity contribution is -0.163. The molecule has 0 saturated carbocycles. The average Bonchev–Trinajstić information content (AvgIpc) is 3.34.